The van der Waals surface area contributed by atoms with Gasteiger partial charge in [0.15, 0.2) is 0 Å². The van der Waals surface area contributed by atoms with Crippen LogP contribution in [0.1, 0.15) is 109 Å². The molecule has 2 unspecified atom stereocenters. The molecule has 6 heteroatoms. The minimum Gasteiger partial charge on any atom is -0.493 e. The Morgan fingerprint density at radius 2 is 1.43 bits per heavy atom. The second-order valence-electron chi connectivity index (χ2n) is 12.8. The number of unbranched alkanes of at least 4 members (excludes halogenated alkanes) is 2. The summed E-state index contributed by atoms with van der Waals surface area (Å²) in [6, 6.07) is 8.34. The van der Waals surface area contributed by atoms with E-state index in [1.165, 1.54) is 89.5 Å². The number of aliphatic hydroxyl groups is 1. The van der Waals surface area contributed by atoms with E-state index in [0.29, 0.717) is 11.5 Å². The number of carbonyl (C=O) groups is 2. The van der Waals surface area contributed by atoms with Crippen molar-refractivity contribution in [1.29, 1.82) is 0 Å². The highest BCUT2D eigenvalue weighted by Crippen LogP contribution is 2.44. The lowest BCUT2D eigenvalue weighted by Gasteiger charge is -2.38. The van der Waals surface area contributed by atoms with Crippen molar-refractivity contribution in [1.82, 2.24) is 0 Å². The number of ether oxygens (including phenoxy) is 3. The molecule has 2 aliphatic carbocycles. The molecule has 0 aromatic heterocycles. The fourth-order valence-corrected chi connectivity index (χ4v) is 6.52. The van der Waals surface area contributed by atoms with Crippen LogP contribution in [-0.4, -0.2) is 43.0 Å². The molecular weight excluding hydrogens is 528 g/mol. The SMILES string of the molecule is C=C(C)C(=O)OCC(COC(=O)C(=C)C(C)O)COc1ccc(C2CCC(C3CCC(CCCCC)CC3)CC2)cc1. The second-order valence-corrected chi connectivity index (χ2v) is 12.8. The van der Waals surface area contributed by atoms with Crippen molar-refractivity contribution in [2.75, 3.05) is 19.8 Å². The fraction of sp³-hybridized carbons (Fsp3) is 0.667. The van der Waals surface area contributed by atoms with Gasteiger partial charge in [-0.1, -0.05) is 70.7 Å². The third-order valence-electron chi connectivity index (χ3n) is 9.40. The van der Waals surface area contributed by atoms with E-state index in [1.807, 2.05) is 12.1 Å². The Labute approximate surface area is 253 Å². The molecule has 1 aromatic carbocycles. The highest BCUT2D eigenvalue weighted by Gasteiger charge is 2.31. The Morgan fingerprint density at radius 3 is 1.98 bits per heavy atom. The Kier molecular flexibility index (Phi) is 14.1. The van der Waals surface area contributed by atoms with Gasteiger partial charge in [0, 0.05) is 5.57 Å². The molecule has 0 amide bonds. The lowest BCUT2D eigenvalue weighted by molar-refractivity contribution is -0.145. The van der Waals surface area contributed by atoms with Gasteiger partial charge in [0.25, 0.3) is 0 Å². The van der Waals surface area contributed by atoms with Gasteiger partial charge < -0.3 is 19.3 Å². The fourth-order valence-electron chi connectivity index (χ4n) is 6.52. The number of hydrogen-bond acceptors (Lipinski definition) is 6. The van der Waals surface area contributed by atoms with Gasteiger partial charge in [-0.3, -0.25) is 0 Å². The van der Waals surface area contributed by atoms with E-state index in [9.17, 15) is 14.7 Å². The van der Waals surface area contributed by atoms with Crippen molar-refractivity contribution in [3.63, 3.8) is 0 Å². The third kappa shape index (κ3) is 10.9. The standard InChI is InChI=1S/C36H54O6/c1-6-7-8-9-28-10-12-30(13-11-28)31-14-16-32(17-15-31)33-18-20-34(21-19-33)40-22-29(23-41-35(38)25(2)3)24-42-36(39)26(4)27(5)37/h18-21,27-32,37H,2,4,6-17,22-24H2,1,3,5H3. The molecule has 42 heavy (non-hydrogen) atoms. The summed E-state index contributed by atoms with van der Waals surface area (Å²) in [5.41, 5.74) is 1.64. The summed E-state index contributed by atoms with van der Waals surface area (Å²) >= 11 is 0. The van der Waals surface area contributed by atoms with Gasteiger partial charge in [-0.2, -0.15) is 0 Å². The number of rotatable bonds is 16. The molecule has 3 rings (SSSR count). The lowest BCUT2D eigenvalue weighted by Crippen LogP contribution is -2.27. The van der Waals surface area contributed by atoms with Crippen LogP contribution in [0.5, 0.6) is 5.75 Å². The van der Waals surface area contributed by atoms with E-state index >= 15 is 0 Å². The Hall–Kier alpha value is -2.60. The van der Waals surface area contributed by atoms with E-state index in [-0.39, 0.29) is 31.3 Å². The van der Waals surface area contributed by atoms with E-state index < -0.39 is 18.0 Å². The molecule has 2 atom stereocenters. The third-order valence-corrected chi connectivity index (χ3v) is 9.40. The smallest absolute Gasteiger partial charge is 0.336 e. The molecular formula is C36H54O6. The molecule has 0 spiro atoms. The first-order valence-electron chi connectivity index (χ1n) is 16.3. The largest absolute Gasteiger partial charge is 0.493 e. The van der Waals surface area contributed by atoms with Gasteiger partial charge in [0.1, 0.15) is 19.0 Å². The molecule has 0 radical (unpaired) electrons. The minimum atomic E-state index is -0.998. The van der Waals surface area contributed by atoms with E-state index in [4.69, 9.17) is 14.2 Å². The van der Waals surface area contributed by atoms with Gasteiger partial charge >= 0.3 is 11.9 Å². The molecule has 0 aliphatic heterocycles. The summed E-state index contributed by atoms with van der Waals surface area (Å²) in [5, 5.41) is 9.57. The van der Waals surface area contributed by atoms with Crippen LogP contribution in [0.25, 0.3) is 0 Å². The summed E-state index contributed by atoms with van der Waals surface area (Å²) in [5.74, 6) is 2.58. The first kappa shape index (κ1) is 33.9. The second kappa shape index (κ2) is 17.5. The predicted molar refractivity (Wildman–Crippen MR) is 167 cm³/mol. The van der Waals surface area contributed by atoms with Crippen molar-refractivity contribution >= 4 is 11.9 Å². The zero-order chi connectivity index (χ0) is 30.5. The van der Waals surface area contributed by atoms with Gasteiger partial charge in [0.05, 0.1) is 24.2 Å². The number of carbonyl (C=O) groups excluding carboxylic acids is 2. The molecule has 2 fully saturated rings. The monoisotopic (exact) mass is 582 g/mol. The van der Waals surface area contributed by atoms with Crippen molar-refractivity contribution in [2.45, 2.75) is 110 Å². The first-order valence-corrected chi connectivity index (χ1v) is 16.3. The van der Waals surface area contributed by atoms with Crippen LogP contribution >= 0.6 is 0 Å². The number of aliphatic hydroxyl groups excluding tert-OH is 1. The molecule has 2 aliphatic rings. The Bertz CT molecular complexity index is 996. The van der Waals surface area contributed by atoms with Gasteiger partial charge in [-0.15, -0.1) is 0 Å². The quantitative estimate of drug-likeness (QED) is 0.121. The van der Waals surface area contributed by atoms with Crippen LogP contribution in [0, 0.1) is 23.7 Å². The molecule has 0 heterocycles. The number of hydrogen-bond donors (Lipinski definition) is 1. The lowest BCUT2D eigenvalue weighted by atomic mass is 9.68. The van der Waals surface area contributed by atoms with E-state index in [2.05, 4.69) is 32.2 Å². The average Bonchev–Trinajstić information content (AvgIpc) is 3.00. The van der Waals surface area contributed by atoms with Crippen LogP contribution in [0.4, 0.5) is 0 Å². The molecule has 1 aromatic rings. The zero-order valence-corrected chi connectivity index (χ0v) is 26.3. The first-order chi connectivity index (χ1) is 20.2. The normalized spacial score (nSPS) is 23.8. The van der Waals surface area contributed by atoms with Crippen LogP contribution in [-0.2, 0) is 19.1 Å². The highest BCUT2D eigenvalue weighted by atomic mass is 16.6. The van der Waals surface area contributed by atoms with Gasteiger partial charge in [-0.25, -0.2) is 9.59 Å². The molecule has 1 N–H and O–H groups in total. The van der Waals surface area contributed by atoms with Gasteiger partial charge in [0.2, 0.25) is 0 Å². The number of esters is 2. The summed E-state index contributed by atoms with van der Waals surface area (Å²) in [4.78, 5) is 24.0. The van der Waals surface area contributed by atoms with Crippen LogP contribution in [0.3, 0.4) is 0 Å². The van der Waals surface area contributed by atoms with Crippen LogP contribution < -0.4 is 4.74 Å². The van der Waals surface area contributed by atoms with Crippen LogP contribution in [0.15, 0.2) is 48.6 Å². The number of benzene rings is 1. The Balaban J connectivity index is 1.44. The van der Waals surface area contributed by atoms with Crippen molar-refractivity contribution in [3.05, 3.63) is 54.1 Å². The van der Waals surface area contributed by atoms with Gasteiger partial charge in [-0.05, 0) is 93.7 Å². The average molecular weight is 583 g/mol. The van der Waals surface area contributed by atoms with E-state index in [1.54, 1.807) is 6.92 Å². The minimum absolute atomic E-state index is 0.0158. The maximum Gasteiger partial charge on any atom is 0.336 e. The van der Waals surface area contributed by atoms with Crippen molar-refractivity contribution in [2.24, 2.45) is 23.7 Å². The molecule has 0 bridgehead atoms. The molecule has 0 saturated heterocycles. The maximum atomic E-state index is 12.1. The van der Waals surface area contributed by atoms with Crippen molar-refractivity contribution < 1.29 is 28.9 Å². The molecule has 6 nitrogen and oxygen atoms in total. The zero-order valence-electron chi connectivity index (χ0n) is 26.3. The summed E-state index contributed by atoms with van der Waals surface area (Å²) in [6.45, 7) is 12.7. The van der Waals surface area contributed by atoms with E-state index in [0.717, 1.165) is 23.5 Å². The predicted octanol–water partition coefficient (Wildman–Crippen LogP) is 7.94. The summed E-state index contributed by atoms with van der Waals surface area (Å²) in [6.07, 6.45) is 15.6. The highest BCUT2D eigenvalue weighted by molar-refractivity contribution is 5.88. The molecule has 2 saturated carbocycles. The molecule has 234 valence electrons. The Morgan fingerprint density at radius 1 is 0.857 bits per heavy atom. The topological polar surface area (TPSA) is 82.1 Å². The summed E-state index contributed by atoms with van der Waals surface area (Å²) in [7, 11) is 0. The van der Waals surface area contributed by atoms with Crippen molar-refractivity contribution in [3.8, 4) is 5.75 Å². The maximum absolute atomic E-state index is 12.1. The van der Waals surface area contributed by atoms with Crippen LogP contribution in [0.2, 0.25) is 0 Å². The summed E-state index contributed by atoms with van der Waals surface area (Å²) < 4.78 is 16.6.